The molecule has 0 unspecified atom stereocenters. The first-order chi connectivity index (χ1) is 10.6. The van der Waals surface area contributed by atoms with Gasteiger partial charge in [0, 0.05) is 10.9 Å². The van der Waals surface area contributed by atoms with Crippen LogP contribution in [0, 0.1) is 0 Å². The molecule has 0 spiro atoms. The molecule has 0 saturated heterocycles. The van der Waals surface area contributed by atoms with Gasteiger partial charge in [0.05, 0.1) is 0 Å². The predicted octanol–water partition coefficient (Wildman–Crippen LogP) is 2.82. The highest BCUT2D eigenvalue weighted by Crippen LogP contribution is 2.23. The Hall–Kier alpha value is -3.08. The molecule has 3 aromatic rings. The van der Waals surface area contributed by atoms with Crippen molar-refractivity contribution in [2.45, 2.75) is 6.10 Å². The number of para-hydroxylation sites is 1. The second kappa shape index (κ2) is 5.73. The molecule has 1 atom stereocenters. The number of benzene rings is 2. The number of carbonyl (C=O) groups excluding carboxylic acids is 2. The van der Waals surface area contributed by atoms with Gasteiger partial charge in [-0.3, -0.25) is 4.79 Å². The second-order valence-corrected chi connectivity index (χ2v) is 4.75. The number of hydrogen-bond acceptors (Lipinski definition) is 4. The third-order valence-corrected chi connectivity index (χ3v) is 3.21. The number of primary amides is 1. The van der Waals surface area contributed by atoms with Gasteiger partial charge >= 0.3 is 5.97 Å². The molecule has 2 aromatic carbocycles. The van der Waals surface area contributed by atoms with E-state index in [1.54, 1.807) is 48.5 Å². The second-order valence-electron chi connectivity index (χ2n) is 4.75. The molecule has 0 radical (unpaired) electrons. The number of amides is 1. The van der Waals surface area contributed by atoms with E-state index in [9.17, 15) is 9.59 Å². The van der Waals surface area contributed by atoms with Crippen molar-refractivity contribution in [3.05, 3.63) is 72.0 Å². The SMILES string of the molecule is NC(=O)[C@H](OC(=O)c1cc2ccccc2o1)c1ccccc1. The first-order valence-corrected chi connectivity index (χ1v) is 6.69. The smallest absolute Gasteiger partial charge is 0.375 e. The fraction of sp³-hybridized carbons (Fsp3) is 0.0588. The molecule has 0 aliphatic carbocycles. The molecule has 1 amide bonds. The van der Waals surface area contributed by atoms with Gasteiger partial charge in [-0.15, -0.1) is 0 Å². The quantitative estimate of drug-likeness (QED) is 0.750. The summed E-state index contributed by atoms with van der Waals surface area (Å²) in [6, 6.07) is 17.4. The fourth-order valence-corrected chi connectivity index (χ4v) is 2.17. The van der Waals surface area contributed by atoms with Crippen molar-refractivity contribution in [3.63, 3.8) is 0 Å². The minimum Gasteiger partial charge on any atom is -0.449 e. The number of carbonyl (C=O) groups is 2. The molecule has 5 nitrogen and oxygen atoms in total. The van der Waals surface area contributed by atoms with E-state index in [0.29, 0.717) is 11.1 Å². The first-order valence-electron chi connectivity index (χ1n) is 6.69. The molecule has 5 heteroatoms. The van der Waals surface area contributed by atoms with Crippen molar-refractivity contribution in [1.82, 2.24) is 0 Å². The summed E-state index contributed by atoms with van der Waals surface area (Å²) in [7, 11) is 0. The van der Waals surface area contributed by atoms with Crippen LogP contribution in [0.25, 0.3) is 11.0 Å². The molecule has 3 rings (SSSR count). The summed E-state index contributed by atoms with van der Waals surface area (Å²) >= 11 is 0. The van der Waals surface area contributed by atoms with E-state index < -0.39 is 18.0 Å². The van der Waals surface area contributed by atoms with Gasteiger partial charge in [0.2, 0.25) is 11.9 Å². The maximum atomic E-state index is 12.2. The van der Waals surface area contributed by atoms with E-state index >= 15 is 0 Å². The lowest BCUT2D eigenvalue weighted by Crippen LogP contribution is -2.26. The van der Waals surface area contributed by atoms with Crippen molar-refractivity contribution in [3.8, 4) is 0 Å². The Morgan fingerprint density at radius 2 is 1.68 bits per heavy atom. The van der Waals surface area contributed by atoms with Gasteiger partial charge in [-0.05, 0) is 12.1 Å². The van der Waals surface area contributed by atoms with Gasteiger partial charge in [0.25, 0.3) is 5.91 Å². The number of hydrogen-bond donors (Lipinski definition) is 1. The van der Waals surface area contributed by atoms with Crippen LogP contribution in [0.5, 0.6) is 0 Å². The average molecular weight is 295 g/mol. The van der Waals surface area contributed by atoms with Gasteiger partial charge in [-0.1, -0.05) is 48.5 Å². The molecule has 0 saturated carbocycles. The van der Waals surface area contributed by atoms with Crippen LogP contribution in [0.2, 0.25) is 0 Å². The van der Waals surface area contributed by atoms with Crippen molar-refractivity contribution in [1.29, 1.82) is 0 Å². The summed E-state index contributed by atoms with van der Waals surface area (Å²) in [5.74, 6) is -1.44. The molecule has 22 heavy (non-hydrogen) atoms. The van der Waals surface area contributed by atoms with E-state index in [-0.39, 0.29) is 5.76 Å². The summed E-state index contributed by atoms with van der Waals surface area (Å²) in [4.78, 5) is 23.7. The van der Waals surface area contributed by atoms with E-state index in [1.807, 2.05) is 12.1 Å². The van der Waals surface area contributed by atoms with Gasteiger partial charge in [0.1, 0.15) is 5.58 Å². The molecule has 0 aliphatic rings. The monoisotopic (exact) mass is 295 g/mol. The van der Waals surface area contributed by atoms with Crippen LogP contribution in [0.3, 0.4) is 0 Å². The van der Waals surface area contributed by atoms with Gasteiger partial charge in [0.15, 0.2) is 0 Å². The number of furan rings is 1. The highest BCUT2D eigenvalue weighted by molar-refractivity contribution is 5.94. The summed E-state index contributed by atoms with van der Waals surface area (Å²) in [6.07, 6.45) is -1.15. The number of nitrogens with two attached hydrogens (primary N) is 1. The lowest BCUT2D eigenvalue weighted by molar-refractivity contribution is -0.127. The van der Waals surface area contributed by atoms with Crippen LogP contribution in [0.15, 0.2) is 65.1 Å². The Morgan fingerprint density at radius 3 is 2.36 bits per heavy atom. The molecule has 0 fully saturated rings. The van der Waals surface area contributed by atoms with Crippen molar-refractivity contribution in [2.75, 3.05) is 0 Å². The van der Waals surface area contributed by atoms with Gasteiger partial charge in [-0.2, -0.15) is 0 Å². The number of fused-ring (bicyclic) bond motifs is 1. The normalized spacial score (nSPS) is 12.0. The Labute approximate surface area is 126 Å². The predicted molar refractivity (Wildman–Crippen MR) is 80.0 cm³/mol. The summed E-state index contributed by atoms with van der Waals surface area (Å²) < 4.78 is 10.6. The van der Waals surface area contributed by atoms with Crippen LogP contribution in [-0.2, 0) is 9.53 Å². The highest BCUT2D eigenvalue weighted by atomic mass is 16.6. The molecule has 2 N–H and O–H groups in total. The Kier molecular flexibility index (Phi) is 3.62. The Balaban J connectivity index is 1.86. The zero-order valence-electron chi connectivity index (χ0n) is 11.6. The third kappa shape index (κ3) is 2.69. The zero-order chi connectivity index (χ0) is 15.5. The molecular weight excluding hydrogens is 282 g/mol. The summed E-state index contributed by atoms with van der Waals surface area (Å²) in [5, 5.41) is 0.782. The lowest BCUT2D eigenvalue weighted by Gasteiger charge is -2.13. The van der Waals surface area contributed by atoms with Crippen LogP contribution in [0.4, 0.5) is 0 Å². The molecule has 110 valence electrons. The molecule has 1 aromatic heterocycles. The van der Waals surface area contributed by atoms with Crippen molar-refractivity contribution >= 4 is 22.8 Å². The van der Waals surface area contributed by atoms with Crippen LogP contribution in [-0.4, -0.2) is 11.9 Å². The standard InChI is InChI=1S/C17H13NO4/c18-16(19)15(11-6-2-1-3-7-11)22-17(20)14-10-12-8-4-5-9-13(12)21-14/h1-10,15H,(H2,18,19)/t15-/m1/s1. The number of ether oxygens (including phenoxy) is 1. The Morgan fingerprint density at radius 1 is 1.00 bits per heavy atom. The van der Waals surface area contributed by atoms with Crippen LogP contribution < -0.4 is 5.73 Å². The van der Waals surface area contributed by atoms with E-state index in [2.05, 4.69) is 0 Å². The minimum atomic E-state index is -1.15. The largest absolute Gasteiger partial charge is 0.449 e. The van der Waals surface area contributed by atoms with Crippen molar-refractivity contribution < 1.29 is 18.7 Å². The summed E-state index contributed by atoms with van der Waals surface area (Å²) in [5.41, 5.74) is 6.41. The molecule has 1 heterocycles. The van der Waals surface area contributed by atoms with Gasteiger partial charge in [-0.25, -0.2) is 4.79 Å². The zero-order valence-corrected chi connectivity index (χ0v) is 11.6. The highest BCUT2D eigenvalue weighted by Gasteiger charge is 2.25. The summed E-state index contributed by atoms with van der Waals surface area (Å²) in [6.45, 7) is 0. The van der Waals surface area contributed by atoms with E-state index in [0.717, 1.165) is 5.39 Å². The van der Waals surface area contributed by atoms with Crippen molar-refractivity contribution in [2.24, 2.45) is 5.73 Å². The Bertz CT molecular complexity index is 790. The minimum absolute atomic E-state index is 0.0309. The molecular formula is C17H13NO4. The topological polar surface area (TPSA) is 82.5 Å². The number of esters is 1. The lowest BCUT2D eigenvalue weighted by atomic mass is 10.1. The fourth-order valence-electron chi connectivity index (χ4n) is 2.17. The molecule has 0 bridgehead atoms. The van der Waals surface area contributed by atoms with E-state index in [1.165, 1.54) is 0 Å². The number of rotatable bonds is 4. The van der Waals surface area contributed by atoms with E-state index in [4.69, 9.17) is 14.9 Å². The maximum absolute atomic E-state index is 12.2. The van der Waals surface area contributed by atoms with Crippen LogP contribution in [0.1, 0.15) is 22.2 Å². The molecule has 0 aliphatic heterocycles. The third-order valence-electron chi connectivity index (χ3n) is 3.21. The average Bonchev–Trinajstić information content (AvgIpc) is 2.97. The van der Waals surface area contributed by atoms with Crippen LogP contribution >= 0.6 is 0 Å². The van der Waals surface area contributed by atoms with Gasteiger partial charge < -0.3 is 14.9 Å². The maximum Gasteiger partial charge on any atom is 0.375 e. The first kappa shape index (κ1) is 13.9.